The summed E-state index contributed by atoms with van der Waals surface area (Å²) in [7, 11) is -3.96. The molecule has 0 radical (unpaired) electrons. The molecule has 0 aromatic heterocycles. The van der Waals surface area contributed by atoms with Crippen LogP contribution in [0.15, 0.2) is 59.5 Å². The van der Waals surface area contributed by atoms with Crippen LogP contribution in [0.1, 0.15) is 18.4 Å². The Hall–Kier alpha value is -2.18. The first-order valence-electron chi connectivity index (χ1n) is 7.94. The molecule has 2 aromatic carbocycles. The number of carbonyl (C=O) groups is 1. The van der Waals surface area contributed by atoms with Crippen LogP contribution in [0.3, 0.4) is 0 Å². The number of benzene rings is 2. The SMILES string of the molecule is Cc1ccc(S(=O)(=O)N(C(=O)[C@@H]2CCCN2)c2ccccc2)cc1. The Labute approximate surface area is 142 Å². The fourth-order valence-electron chi connectivity index (χ4n) is 2.80. The van der Waals surface area contributed by atoms with Gasteiger partial charge in [-0.05, 0) is 50.6 Å². The molecule has 1 heterocycles. The van der Waals surface area contributed by atoms with Crippen LogP contribution >= 0.6 is 0 Å². The maximum Gasteiger partial charge on any atom is 0.270 e. The molecule has 0 saturated carbocycles. The van der Waals surface area contributed by atoms with E-state index >= 15 is 0 Å². The van der Waals surface area contributed by atoms with Gasteiger partial charge in [0.25, 0.3) is 15.9 Å². The van der Waals surface area contributed by atoms with E-state index in [2.05, 4.69) is 5.32 Å². The number of nitrogens with zero attached hydrogens (tertiary/aromatic N) is 1. The molecule has 2 aromatic rings. The Bertz CT molecular complexity index is 811. The number of sulfonamides is 1. The smallest absolute Gasteiger partial charge is 0.270 e. The van der Waals surface area contributed by atoms with Crippen molar-refractivity contribution >= 4 is 21.6 Å². The average Bonchev–Trinajstić information content (AvgIpc) is 3.11. The Balaban J connectivity index is 2.06. The van der Waals surface area contributed by atoms with Crippen molar-refractivity contribution in [2.75, 3.05) is 10.8 Å². The van der Waals surface area contributed by atoms with Gasteiger partial charge in [0.2, 0.25) is 0 Å². The summed E-state index contributed by atoms with van der Waals surface area (Å²) in [6, 6.07) is 14.6. The summed E-state index contributed by atoms with van der Waals surface area (Å²) in [6.07, 6.45) is 1.51. The third-order valence-corrected chi connectivity index (χ3v) is 5.85. The van der Waals surface area contributed by atoms with Crippen LogP contribution in [-0.4, -0.2) is 26.9 Å². The zero-order valence-electron chi connectivity index (χ0n) is 13.5. The summed E-state index contributed by atoms with van der Waals surface area (Å²) in [5.74, 6) is -0.431. The van der Waals surface area contributed by atoms with E-state index in [1.54, 1.807) is 42.5 Å². The van der Waals surface area contributed by atoms with Crippen LogP contribution in [0, 0.1) is 6.92 Å². The highest BCUT2D eigenvalue weighted by atomic mass is 32.2. The third kappa shape index (κ3) is 3.20. The minimum Gasteiger partial charge on any atom is -0.306 e. The Morgan fingerprint density at radius 2 is 1.75 bits per heavy atom. The van der Waals surface area contributed by atoms with Crippen molar-refractivity contribution in [2.24, 2.45) is 0 Å². The number of rotatable bonds is 4. The molecule has 24 heavy (non-hydrogen) atoms. The minimum atomic E-state index is -3.96. The number of nitrogens with one attached hydrogen (secondary N) is 1. The van der Waals surface area contributed by atoms with Crippen LogP contribution in [0.25, 0.3) is 0 Å². The lowest BCUT2D eigenvalue weighted by molar-refractivity contribution is -0.119. The van der Waals surface area contributed by atoms with E-state index in [1.807, 2.05) is 6.92 Å². The van der Waals surface area contributed by atoms with Gasteiger partial charge in [0.05, 0.1) is 16.6 Å². The molecule has 0 aliphatic carbocycles. The van der Waals surface area contributed by atoms with Gasteiger partial charge < -0.3 is 5.32 Å². The van der Waals surface area contributed by atoms with Gasteiger partial charge in [0.15, 0.2) is 0 Å². The molecular weight excluding hydrogens is 324 g/mol. The lowest BCUT2D eigenvalue weighted by atomic mass is 10.2. The molecule has 0 bridgehead atoms. The number of hydrogen-bond donors (Lipinski definition) is 1. The molecular formula is C18H20N2O3S. The van der Waals surface area contributed by atoms with Gasteiger partial charge in [-0.2, -0.15) is 0 Å². The van der Waals surface area contributed by atoms with E-state index in [9.17, 15) is 13.2 Å². The van der Waals surface area contributed by atoms with Crippen LogP contribution < -0.4 is 9.62 Å². The second kappa shape index (κ2) is 6.75. The van der Waals surface area contributed by atoms with Gasteiger partial charge in [0.1, 0.15) is 0 Å². The average molecular weight is 344 g/mol. The molecule has 0 unspecified atom stereocenters. The largest absolute Gasteiger partial charge is 0.306 e. The molecule has 0 spiro atoms. The molecule has 3 rings (SSSR count). The molecule has 1 aliphatic heterocycles. The number of para-hydroxylation sites is 1. The van der Waals surface area contributed by atoms with Crippen molar-refractivity contribution in [2.45, 2.75) is 30.7 Å². The summed E-state index contributed by atoms with van der Waals surface area (Å²) in [6.45, 7) is 2.61. The molecule has 6 heteroatoms. The summed E-state index contributed by atoms with van der Waals surface area (Å²) in [5.41, 5.74) is 1.32. The molecule has 1 atom stereocenters. The van der Waals surface area contributed by atoms with Gasteiger partial charge in [-0.25, -0.2) is 12.7 Å². The predicted molar refractivity (Wildman–Crippen MR) is 93.3 cm³/mol. The zero-order valence-corrected chi connectivity index (χ0v) is 14.3. The Morgan fingerprint density at radius 1 is 1.08 bits per heavy atom. The Kier molecular flexibility index (Phi) is 4.69. The van der Waals surface area contributed by atoms with Crippen LogP contribution in [0.5, 0.6) is 0 Å². The number of aryl methyl sites for hydroxylation is 1. The number of carbonyl (C=O) groups excluding carboxylic acids is 1. The second-order valence-electron chi connectivity index (χ2n) is 5.91. The van der Waals surface area contributed by atoms with E-state index in [0.29, 0.717) is 12.1 Å². The number of hydrogen-bond acceptors (Lipinski definition) is 4. The quantitative estimate of drug-likeness (QED) is 0.925. The highest BCUT2D eigenvalue weighted by Crippen LogP contribution is 2.26. The fraction of sp³-hybridized carbons (Fsp3) is 0.278. The first-order valence-corrected chi connectivity index (χ1v) is 9.38. The summed E-state index contributed by atoms with van der Waals surface area (Å²) >= 11 is 0. The normalized spacial score (nSPS) is 17.6. The van der Waals surface area contributed by atoms with Crippen LogP contribution in [0.4, 0.5) is 5.69 Å². The van der Waals surface area contributed by atoms with Crippen molar-refractivity contribution in [1.29, 1.82) is 0 Å². The van der Waals surface area contributed by atoms with E-state index in [1.165, 1.54) is 12.1 Å². The second-order valence-corrected chi connectivity index (χ2v) is 7.69. The number of amides is 1. The summed E-state index contributed by atoms with van der Waals surface area (Å²) < 4.78 is 27.2. The molecule has 126 valence electrons. The van der Waals surface area contributed by atoms with E-state index < -0.39 is 22.0 Å². The fourth-order valence-corrected chi connectivity index (χ4v) is 4.25. The van der Waals surface area contributed by atoms with Gasteiger partial charge in [0, 0.05) is 0 Å². The first kappa shape index (κ1) is 16.7. The van der Waals surface area contributed by atoms with Crippen molar-refractivity contribution < 1.29 is 13.2 Å². The number of anilines is 1. The summed E-state index contributed by atoms with van der Waals surface area (Å²) in [4.78, 5) is 13.0. The van der Waals surface area contributed by atoms with E-state index in [4.69, 9.17) is 0 Å². The van der Waals surface area contributed by atoms with Crippen molar-refractivity contribution in [3.8, 4) is 0 Å². The van der Waals surface area contributed by atoms with Crippen molar-refractivity contribution in [3.63, 3.8) is 0 Å². The molecule has 1 aliphatic rings. The molecule has 1 N–H and O–H groups in total. The minimum absolute atomic E-state index is 0.114. The van der Waals surface area contributed by atoms with Gasteiger partial charge >= 0.3 is 0 Å². The lowest BCUT2D eigenvalue weighted by Gasteiger charge is -2.25. The first-order chi connectivity index (χ1) is 11.5. The molecule has 5 nitrogen and oxygen atoms in total. The topological polar surface area (TPSA) is 66.5 Å². The van der Waals surface area contributed by atoms with Crippen molar-refractivity contribution in [1.82, 2.24) is 5.32 Å². The molecule has 1 amide bonds. The lowest BCUT2D eigenvalue weighted by Crippen LogP contribution is -2.46. The van der Waals surface area contributed by atoms with Crippen molar-refractivity contribution in [3.05, 3.63) is 60.2 Å². The predicted octanol–water partition coefficient (Wildman–Crippen LogP) is 2.47. The van der Waals surface area contributed by atoms with Crippen LogP contribution in [-0.2, 0) is 14.8 Å². The van der Waals surface area contributed by atoms with Gasteiger partial charge in [-0.1, -0.05) is 35.9 Å². The van der Waals surface area contributed by atoms with E-state index in [0.717, 1.165) is 22.8 Å². The monoisotopic (exact) mass is 344 g/mol. The standard InChI is InChI=1S/C18H20N2O3S/c1-14-9-11-16(12-10-14)24(22,23)20(15-6-3-2-4-7-15)18(21)17-8-5-13-19-17/h2-4,6-7,9-12,17,19H,5,8,13H2,1H3/t17-/m0/s1. The molecule has 1 fully saturated rings. The molecule has 1 saturated heterocycles. The van der Waals surface area contributed by atoms with Gasteiger partial charge in [-0.3, -0.25) is 4.79 Å². The highest BCUT2D eigenvalue weighted by molar-refractivity contribution is 7.93. The zero-order chi connectivity index (χ0) is 17.2. The maximum absolute atomic E-state index is 13.1. The third-order valence-electron chi connectivity index (χ3n) is 4.11. The maximum atomic E-state index is 13.1. The van der Waals surface area contributed by atoms with Crippen LogP contribution in [0.2, 0.25) is 0 Å². The van der Waals surface area contributed by atoms with Gasteiger partial charge in [-0.15, -0.1) is 0 Å². The Morgan fingerprint density at radius 3 is 2.33 bits per heavy atom. The van der Waals surface area contributed by atoms with E-state index in [-0.39, 0.29) is 4.90 Å². The summed E-state index contributed by atoms with van der Waals surface area (Å²) in [5, 5.41) is 3.08. The highest BCUT2D eigenvalue weighted by Gasteiger charge is 2.36.